The molecule has 0 saturated carbocycles. The first-order valence-corrected chi connectivity index (χ1v) is 8.96. The molecule has 1 atom stereocenters. The second-order valence-corrected chi connectivity index (χ2v) is 7.62. The molecule has 1 aromatic carbocycles. The Morgan fingerprint density at radius 1 is 1.19 bits per heavy atom. The highest BCUT2D eigenvalue weighted by molar-refractivity contribution is 7.89. The lowest BCUT2D eigenvalue weighted by Gasteiger charge is -2.22. The van der Waals surface area contributed by atoms with Crippen molar-refractivity contribution >= 4 is 22.4 Å². The van der Waals surface area contributed by atoms with Gasteiger partial charge in [-0.1, -0.05) is 6.07 Å². The topological polar surface area (TPSA) is 58.2 Å². The van der Waals surface area contributed by atoms with Gasteiger partial charge in [-0.2, -0.15) is 0 Å². The minimum absolute atomic E-state index is 0. The number of rotatable bonds is 4. The van der Waals surface area contributed by atoms with Crippen LogP contribution in [-0.4, -0.2) is 28.1 Å². The maximum atomic E-state index is 12.3. The Morgan fingerprint density at radius 3 is 2.76 bits per heavy atom. The summed E-state index contributed by atoms with van der Waals surface area (Å²) in [4.78, 5) is 0.418. The van der Waals surface area contributed by atoms with Crippen LogP contribution in [0.4, 0.5) is 0 Å². The number of benzene rings is 1. The van der Waals surface area contributed by atoms with Gasteiger partial charge < -0.3 is 5.32 Å². The molecule has 2 N–H and O–H groups in total. The number of piperidine rings is 1. The summed E-state index contributed by atoms with van der Waals surface area (Å²) in [5.74, 6) is 0.410. The summed E-state index contributed by atoms with van der Waals surface area (Å²) in [6, 6.07) is 5.56. The van der Waals surface area contributed by atoms with E-state index in [1.165, 1.54) is 11.1 Å². The Hall–Kier alpha value is -0.620. The fraction of sp³-hybridized carbons (Fsp3) is 0.600. The predicted molar refractivity (Wildman–Crippen MR) is 86.5 cm³/mol. The molecule has 6 heteroatoms. The summed E-state index contributed by atoms with van der Waals surface area (Å²) >= 11 is 0. The van der Waals surface area contributed by atoms with Crippen LogP contribution >= 0.6 is 12.4 Å². The van der Waals surface area contributed by atoms with E-state index in [0.29, 0.717) is 17.4 Å². The molecule has 2 aliphatic rings. The largest absolute Gasteiger partial charge is 0.316 e. The summed E-state index contributed by atoms with van der Waals surface area (Å²) in [5, 5.41) is 3.31. The number of hydrogen-bond donors (Lipinski definition) is 2. The number of sulfonamides is 1. The maximum absolute atomic E-state index is 12.3. The third-order valence-electron chi connectivity index (χ3n) is 4.34. The summed E-state index contributed by atoms with van der Waals surface area (Å²) in [7, 11) is -3.36. The van der Waals surface area contributed by atoms with E-state index >= 15 is 0 Å². The van der Waals surface area contributed by atoms with Gasteiger partial charge in [-0.25, -0.2) is 13.1 Å². The van der Waals surface area contributed by atoms with E-state index in [1.807, 2.05) is 12.1 Å². The molecule has 0 aromatic heterocycles. The molecule has 1 aliphatic heterocycles. The Balaban J connectivity index is 0.00000161. The van der Waals surface area contributed by atoms with E-state index in [-0.39, 0.29) is 12.4 Å². The van der Waals surface area contributed by atoms with E-state index < -0.39 is 10.0 Å². The Labute approximate surface area is 133 Å². The summed E-state index contributed by atoms with van der Waals surface area (Å²) in [6.07, 6.45) is 5.45. The van der Waals surface area contributed by atoms with Crippen molar-refractivity contribution < 1.29 is 8.42 Å². The molecule has 4 nitrogen and oxygen atoms in total. The zero-order valence-corrected chi connectivity index (χ0v) is 13.7. The molecule has 3 rings (SSSR count). The van der Waals surface area contributed by atoms with E-state index in [4.69, 9.17) is 0 Å². The fourth-order valence-electron chi connectivity index (χ4n) is 3.12. The zero-order valence-electron chi connectivity index (χ0n) is 12.1. The van der Waals surface area contributed by atoms with Crippen LogP contribution in [0, 0.1) is 5.92 Å². The van der Waals surface area contributed by atoms with Crippen LogP contribution in [0.2, 0.25) is 0 Å². The molecule has 21 heavy (non-hydrogen) atoms. The summed E-state index contributed by atoms with van der Waals surface area (Å²) in [6.45, 7) is 2.49. The van der Waals surface area contributed by atoms with Crippen LogP contribution in [0.1, 0.15) is 30.4 Å². The van der Waals surface area contributed by atoms with Gasteiger partial charge in [0.1, 0.15) is 0 Å². The predicted octanol–water partition coefficient (Wildman–Crippen LogP) is 1.87. The number of hydrogen-bond acceptors (Lipinski definition) is 3. The lowest BCUT2D eigenvalue weighted by molar-refractivity contribution is 0.376. The first-order valence-electron chi connectivity index (χ1n) is 7.47. The van der Waals surface area contributed by atoms with Crippen LogP contribution in [0.3, 0.4) is 0 Å². The third-order valence-corrected chi connectivity index (χ3v) is 5.76. The number of nitrogens with one attached hydrogen (secondary N) is 2. The zero-order chi connectivity index (χ0) is 14.0. The van der Waals surface area contributed by atoms with E-state index in [2.05, 4.69) is 10.0 Å². The van der Waals surface area contributed by atoms with Crippen LogP contribution in [0.25, 0.3) is 0 Å². The molecular weight excluding hydrogens is 308 g/mol. The minimum atomic E-state index is -3.36. The lowest BCUT2D eigenvalue weighted by atomic mass is 10.0. The molecule has 0 amide bonds. The van der Waals surface area contributed by atoms with Gasteiger partial charge in [-0.3, -0.25) is 0 Å². The molecule has 1 unspecified atom stereocenters. The summed E-state index contributed by atoms with van der Waals surface area (Å²) < 4.78 is 27.5. The number of aryl methyl sites for hydroxylation is 2. The molecule has 0 spiro atoms. The molecule has 118 valence electrons. The van der Waals surface area contributed by atoms with Crippen molar-refractivity contribution in [3.8, 4) is 0 Å². The van der Waals surface area contributed by atoms with Gasteiger partial charge >= 0.3 is 0 Å². The highest BCUT2D eigenvalue weighted by Gasteiger charge is 2.20. The van der Waals surface area contributed by atoms with Crippen molar-refractivity contribution in [3.63, 3.8) is 0 Å². The van der Waals surface area contributed by atoms with Gasteiger partial charge in [0, 0.05) is 6.54 Å². The van der Waals surface area contributed by atoms with Crippen molar-refractivity contribution in [1.29, 1.82) is 0 Å². The highest BCUT2D eigenvalue weighted by atomic mass is 35.5. The normalized spacial score (nSPS) is 21.6. The molecule has 0 bridgehead atoms. The highest BCUT2D eigenvalue weighted by Crippen LogP contribution is 2.24. The van der Waals surface area contributed by atoms with Gasteiger partial charge in [0.05, 0.1) is 4.90 Å². The molecule has 1 saturated heterocycles. The Kier molecular flexibility index (Phi) is 5.66. The van der Waals surface area contributed by atoms with Gasteiger partial charge in [0.25, 0.3) is 0 Å². The first-order chi connectivity index (χ1) is 9.65. The average Bonchev–Trinajstić information content (AvgIpc) is 2.94. The molecule has 1 aliphatic carbocycles. The molecule has 1 fully saturated rings. The van der Waals surface area contributed by atoms with E-state index in [0.717, 1.165) is 45.2 Å². The Morgan fingerprint density at radius 2 is 2.00 bits per heavy atom. The second-order valence-electron chi connectivity index (χ2n) is 5.85. The van der Waals surface area contributed by atoms with Gasteiger partial charge in [-0.05, 0) is 74.4 Å². The average molecular weight is 331 g/mol. The van der Waals surface area contributed by atoms with Gasteiger partial charge in [-0.15, -0.1) is 12.4 Å². The fourth-order valence-corrected chi connectivity index (χ4v) is 4.29. The minimum Gasteiger partial charge on any atom is -0.316 e. The van der Waals surface area contributed by atoms with Gasteiger partial charge in [0.2, 0.25) is 10.0 Å². The Bertz CT molecular complexity index is 583. The maximum Gasteiger partial charge on any atom is 0.240 e. The third kappa shape index (κ3) is 3.97. The number of halogens is 1. The van der Waals surface area contributed by atoms with Crippen LogP contribution in [0.5, 0.6) is 0 Å². The smallest absolute Gasteiger partial charge is 0.240 e. The van der Waals surface area contributed by atoms with Crippen molar-refractivity contribution in [1.82, 2.24) is 10.0 Å². The van der Waals surface area contributed by atoms with Crippen molar-refractivity contribution in [2.45, 2.75) is 37.0 Å². The van der Waals surface area contributed by atoms with Gasteiger partial charge in [0.15, 0.2) is 0 Å². The van der Waals surface area contributed by atoms with Crippen molar-refractivity contribution in [2.75, 3.05) is 19.6 Å². The molecule has 1 heterocycles. The summed E-state index contributed by atoms with van der Waals surface area (Å²) in [5.41, 5.74) is 2.51. The standard InChI is InChI=1S/C15H22N2O2S.ClH/c18-20(19,17-11-12-3-2-8-16-10-12)15-7-6-13-4-1-5-14(13)9-15;/h6-7,9,12,16-17H,1-5,8,10-11H2;1H. The van der Waals surface area contributed by atoms with E-state index in [9.17, 15) is 8.42 Å². The van der Waals surface area contributed by atoms with Crippen LogP contribution in [0.15, 0.2) is 23.1 Å². The van der Waals surface area contributed by atoms with Crippen molar-refractivity contribution in [2.24, 2.45) is 5.92 Å². The lowest BCUT2D eigenvalue weighted by Crippen LogP contribution is -2.38. The number of fused-ring (bicyclic) bond motifs is 1. The molecule has 1 aromatic rings. The van der Waals surface area contributed by atoms with Crippen molar-refractivity contribution in [3.05, 3.63) is 29.3 Å². The SMILES string of the molecule is Cl.O=S(=O)(NCC1CCCNC1)c1ccc2c(c1)CCC2. The molecule has 0 radical (unpaired) electrons. The molecular formula is C15H23ClN2O2S. The monoisotopic (exact) mass is 330 g/mol. The van der Waals surface area contributed by atoms with Crippen LogP contribution in [-0.2, 0) is 22.9 Å². The van der Waals surface area contributed by atoms with Crippen LogP contribution < -0.4 is 10.0 Å². The first kappa shape index (κ1) is 16.7. The second kappa shape index (κ2) is 7.09. The van der Waals surface area contributed by atoms with E-state index in [1.54, 1.807) is 6.07 Å². The quantitative estimate of drug-likeness (QED) is 0.886.